The first kappa shape index (κ1) is 17.0. The SMILES string of the molecule is O=C(Cn1ccc2cc(Cl)ccc21)N[C@H](Cc1ccccc1)C(=O)O. The minimum absolute atomic E-state index is 0.0453. The summed E-state index contributed by atoms with van der Waals surface area (Å²) in [6.07, 6.45) is 2.03. The van der Waals surface area contributed by atoms with Gasteiger partial charge in [0.25, 0.3) is 0 Å². The number of nitrogens with one attached hydrogen (secondary N) is 1. The van der Waals surface area contributed by atoms with Gasteiger partial charge in [0, 0.05) is 28.5 Å². The van der Waals surface area contributed by atoms with E-state index < -0.39 is 12.0 Å². The van der Waals surface area contributed by atoms with E-state index in [4.69, 9.17) is 11.6 Å². The number of carbonyl (C=O) groups is 2. The Morgan fingerprint density at radius 2 is 1.88 bits per heavy atom. The number of rotatable bonds is 6. The lowest BCUT2D eigenvalue weighted by Gasteiger charge is -2.15. The molecule has 2 aromatic carbocycles. The second kappa shape index (κ2) is 7.40. The van der Waals surface area contributed by atoms with Crippen LogP contribution in [0, 0.1) is 0 Å². The van der Waals surface area contributed by atoms with Crippen LogP contribution in [0.15, 0.2) is 60.8 Å². The number of aromatic nitrogens is 1. The first-order valence-corrected chi connectivity index (χ1v) is 8.21. The first-order valence-electron chi connectivity index (χ1n) is 7.83. The fraction of sp³-hybridized carbons (Fsp3) is 0.158. The van der Waals surface area contributed by atoms with Gasteiger partial charge in [0.2, 0.25) is 5.91 Å². The number of aliphatic carboxylic acids is 1. The topological polar surface area (TPSA) is 71.3 Å². The summed E-state index contributed by atoms with van der Waals surface area (Å²) in [5.74, 6) is -1.41. The second-order valence-corrected chi connectivity index (χ2v) is 6.23. The number of nitrogens with zero attached hydrogens (tertiary/aromatic N) is 1. The molecule has 128 valence electrons. The molecule has 1 heterocycles. The minimum atomic E-state index is -1.05. The summed E-state index contributed by atoms with van der Waals surface area (Å²) in [5, 5.41) is 13.5. The van der Waals surface area contributed by atoms with E-state index in [1.165, 1.54) is 0 Å². The molecule has 6 heteroatoms. The van der Waals surface area contributed by atoms with Gasteiger partial charge in [-0.2, -0.15) is 0 Å². The molecule has 0 aliphatic heterocycles. The molecule has 2 N–H and O–H groups in total. The Labute approximate surface area is 149 Å². The normalized spacial score (nSPS) is 12.0. The molecule has 0 unspecified atom stereocenters. The van der Waals surface area contributed by atoms with Crippen LogP contribution in [0.4, 0.5) is 0 Å². The molecule has 0 saturated carbocycles. The summed E-state index contributed by atoms with van der Waals surface area (Å²) in [7, 11) is 0. The average Bonchev–Trinajstić information content (AvgIpc) is 2.97. The standard InChI is InChI=1S/C19H17ClN2O3/c20-15-6-7-17-14(11-15)8-9-22(17)12-18(23)21-16(19(24)25)10-13-4-2-1-3-5-13/h1-9,11,16H,10,12H2,(H,21,23)(H,24,25)/t16-/m1/s1. The van der Waals surface area contributed by atoms with Crippen LogP contribution in [-0.4, -0.2) is 27.6 Å². The van der Waals surface area contributed by atoms with Crippen LogP contribution in [0.5, 0.6) is 0 Å². The van der Waals surface area contributed by atoms with Gasteiger partial charge in [0.15, 0.2) is 0 Å². The number of carboxylic acid groups (broad SMARTS) is 1. The number of benzene rings is 2. The van der Waals surface area contributed by atoms with Crippen molar-refractivity contribution >= 4 is 34.4 Å². The largest absolute Gasteiger partial charge is 0.480 e. The molecular formula is C19H17ClN2O3. The second-order valence-electron chi connectivity index (χ2n) is 5.79. The van der Waals surface area contributed by atoms with E-state index in [2.05, 4.69) is 5.32 Å². The lowest BCUT2D eigenvalue weighted by molar-refractivity contribution is -0.141. The van der Waals surface area contributed by atoms with Crippen LogP contribution in [0.1, 0.15) is 5.56 Å². The molecule has 25 heavy (non-hydrogen) atoms. The van der Waals surface area contributed by atoms with Gasteiger partial charge < -0.3 is 15.0 Å². The molecular weight excluding hydrogens is 340 g/mol. The Kier molecular flexibility index (Phi) is 5.05. The molecule has 1 amide bonds. The smallest absolute Gasteiger partial charge is 0.326 e. The maximum atomic E-state index is 12.3. The van der Waals surface area contributed by atoms with E-state index in [0.717, 1.165) is 16.5 Å². The van der Waals surface area contributed by atoms with Crippen molar-refractivity contribution < 1.29 is 14.7 Å². The third kappa shape index (κ3) is 4.19. The predicted octanol–water partition coefficient (Wildman–Crippen LogP) is 3.11. The summed E-state index contributed by atoms with van der Waals surface area (Å²) >= 11 is 5.96. The Morgan fingerprint density at radius 3 is 2.60 bits per heavy atom. The van der Waals surface area contributed by atoms with E-state index >= 15 is 0 Å². The third-order valence-electron chi connectivity index (χ3n) is 3.96. The predicted molar refractivity (Wildman–Crippen MR) is 96.7 cm³/mol. The highest BCUT2D eigenvalue weighted by Gasteiger charge is 2.20. The molecule has 1 aromatic heterocycles. The third-order valence-corrected chi connectivity index (χ3v) is 4.20. The maximum Gasteiger partial charge on any atom is 0.326 e. The van der Waals surface area contributed by atoms with Gasteiger partial charge in [-0.3, -0.25) is 4.79 Å². The number of hydrogen-bond acceptors (Lipinski definition) is 2. The Hall–Kier alpha value is -2.79. The van der Waals surface area contributed by atoms with Crippen molar-refractivity contribution in [3.05, 3.63) is 71.4 Å². The van der Waals surface area contributed by atoms with Crippen LogP contribution in [0.25, 0.3) is 10.9 Å². The summed E-state index contributed by atoms with van der Waals surface area (Å²) in [4.78, 5) is 23.8. The minimum Gasteiger partial charge on any atom is -0.480 e. The molecule has 0 aliphatic carbocycles. The molecule has 0 radical (unpaired) electrons. The highest BCUT2D eigenvalue weighted by molar-refractivity contribution is 6.31. The van der Waals surface area contributed by atoms with Gasteiger partial charge in [0.05, 0.1) is 0 Å². The quantitative estimate of drug-likeness (QED) is 0.713. The highest BCUT2D eigenvalue weighted by Crippen LogP contribution is 2.20. The molecule has 0 aliphatic rings. The fourth-order valence-corrected chi connectivity index (χ4v) is 2.93. The number of carboxylic acids is 1. The fourth-order valence-electron chi connectivity index (χ4n) is 2.75. The number of halogens is 1. The van der Waals surface area contributed by atoms with Gasteiger partial charge in [-0.1, -0.05) is 41.9 Å². The lowest BCUT2D eigenvalue weighted by atomic mass is 10.1. The van der Waals surface area contributed by atoms with Gasteiger partial charge in [-0.25, -0.2) is 4.79 Å². The summed E-state index contributed by atoms with van der Waals surface area (Å²) in [6, 6.07) is 15.5. The van der Waals surface area contributed by atoms with Crippen LogP contribution in [-0.2, 0) is 22.6 Å². The molecule has 3 rings (SSSR count). The average molecular weight is 357 g/mol. The van der Waals surface area contributed by atoms with Crippen molar-refractivity contribution in [2.45, 2.75) is 19.0 Å². The number of fused-ring (bicyclic) bond motifs is 1. The molecule has 5 nitrogen and oxygen atoms in total. The molecule has 0 bridgehead atoms. The number of hydrogen-bond donors (Lipinski definition) is 2. The van der Waals surface area contributed by atoms with Crippen LogP contribution < -0.4 is 5.32 Å². The van der Waals surface area contributed by atoms with Crippen LogP contribution in [0.3, 0.4) is 0 Å². The van der Waals surface area contributed by atoms with Gasteiger partial charge in [-0.05, 0) is 29.8 Å². The maximum absolute atomic E-state index is 12.3. The Bertz CT molecular complexity index is 905. The van der Waals surface area contributed by atoms with Crippen molar-refractivity contribution in [2.75, 3.05) is 0 Å². The van der Waals surface area contributed by atoms with Gasteiger partial charge in [0.1, 0.15) is 12.6 Å². The van der Waals surface area contributed by atoms with Crippen molar-refractivity contribution in [3.63, 3.8) is 0 Å². The van der Waals surface area contributed by atoms with E-state index in [0.29, 0.717) is 5.02 Å². The summed E-state index contributed by atoms with van der Waals surface area (Å²) in [5.41, 5.74) is 1.73. The highest BCUT2D eigenvalue weighted by atomic mass is 35.5. The lowest BCUT2D eigenvalue weighted by Crippen LogP contribution is -2.43. The van der Waals surface area contributed by atoms with Crippen molar-refractivity contribution in [2.24, 2.45) is 0 Å². The molecule has 0 spiro atoms. The number of amides is 1. The zero-order valence-electron chi connectivity index (χ0n) is 13.4. The first-order chi connectivity index (χ1) is 12.0. The van der Waals surface area contributed by atoms with Gasteiger partial charge >= 0.3 is 5.97 Å². The Morgan fingerprint density at radius 1 is 1.12 bits per heavy atom. The summed E-state index contributed by atoms with van der Waals surface area (Å²) in [6.45, 7) is 0.0453. The monoisotopic (exact) mass is 356 g/mol. The molecule has 0 fully saturated rings. The Balaban J connectivity index is 1.70. The zero-order valence-corrected chi connectivity index (χ0v) is 14.1. The van der Waals surface area contributed by atoms with E-state index in [9.17, 15) is 14.7 Å². The summed E-state index contributed by atoms with van der Waals surface area (Å²) < 4.78 is 1.77. The molecule has 0 saturated heterocycles. The van der Waals surface area contributed by atoms with Crippen molar-refractivity contribution in [3.8, 4) is 0 Å². The van der Waals surface area contributed by atoms with E-state index in [1.807, 2.05) is 48.5 Å². The number of carbonyl (C=O) groups excluding carboxylic acids is 1. The van der Waals surface area contributed by atoms with Crippen molar-refractivity contribution in [1.82, 2.24) is 9.88 Å². The van der Waals surface area contributed by atoms with Gasteiger partial charge in [-0.15, -0.1) is 0 Å². The molecule has 1 atom stereocenters. The zero-order chi connectivity index (χ0) is 17.8. The van der Waals surface area contributed by atoms with E-state index in [1.54, 1.807) is 16.8 Å². The van der Waals surface area contributed by atoms with Crippen LogP contribution in [0.2, 0.25) is 5.02 Å². The molecule has 3 aromatic rings. The van der Waals surface area contributed by atoms with Crippen molar-refractivity contribution in [1.29, 1.82) is 0 Å². The van der Waals surface area contributed by atoms with E-state index in [-0.39, 0.29) is 18.9 Å². The van der Waals surface area contributed by atoms with Crippen LogP contribution >= 0.6 is 11.6 Å².